The Morgan fingerprint density at radius 2 is 2.00 bits per heavy atom. The molecule has 1 fully saturated rings. The summed E-state index contributed by atoms with van der Waals surface area (Å²) >= 11 is 0. The van der Waals surface area contributed by atoms with Crippen LogP contribution < -0.4 is 5.73 Å². The van der Waals surface area contributed by atoms with Crippen molar-refractivity contribution in [3.63, 3.8) is 0 Å². The summed E-state index contributed by atoms with van der Waals surface area (Å²) in [4.78, 5) is 1.16. The number of aliphatic hydroxyl groups excluding tert-OH is 1. The third kappa shape index (κ3) is 5.09. The van der Waals surface area contributed by atoms with Crippen LogP contribution in [-0.2, 0) is 0 Å². The minimum atomic E-state index is -4.29. The van der Waals surface area contributed by atoms with Crippen molar-refractivity contribution in [1.29, 1.82) is 0 Å². The van der Waals surface area contributed by atoms with Crippen LogP contribution in [0.2, 0.25) is 0 Å². The molecule has 0 amide bonds. The molecule has 0 radical (unpaired) electrons. The van der Waals surface area contributed by atoms with E-state index in [0.29, 0.717) is 0 Å². The van der Waals surface area contributed by atoms with Gasteiger partial charge in [-0.1, -0.05) is 5.16 Å². The number of nitrogens with two attached hydrogens (primary N) is 1. The van der Waals surface area contributed by atoms with Gasteiger partial charge >= 0.3 is 6.18 Å². The SMILES string of the molecule is NC(CC1(CN(CCO)CC(F)(F)F)CC1)=NO. The third-order valence-electron chi connectivity index (χ3n) is 3.02. The molecule has 0 aromatic rings. The van der Waals surface area contributed by atoms with Crippen molar-refractivity contribution in [2.75, 3.05) is 26.2 Å². The van der Waals surface area contributed by atoms with Crippen LogP contribution in [0.15, 0.2) is 5.16 Å². The lowest BCUT2D eigenvalue weighted by atomic mass is 10.0. The maximum Gasteiger partial charge on any atom is 0.401 e. The first-order chi connectivity index (χ1) is 8.30. The molecule has 5 nitrogen and oxygen atoms in total. The van der Waals surface area contributed by atoms with Gasteiger partial charge in [-0.3, -0.25) is 4.90 Å². The van der Waals surface area contributed by atoms with Crippen LogP contribution in [0, 0.1) is 5.41 Å². The number of aliphatic hydroxyl groups is 1. The van der Waals surface area contributed by atoms with E-state index in [4.69, 9.17) is 16.0 Å². The van der Waals surface area contributed by atoms with Crippen molar-refractivity contribution < 1.29 is 23.5 Å². The summed E-state index contributed by atoms with van der Waals surface area (Å²) < 4.78 is 37.0. The molecule has 0 atom stereocenters. The largest absolute Gasteiger partial charge is 0.409 e. The monoisotopic (exact) mass is 269 g/mol. The molecule has 1 aliphatic carbocycles. The smallest absolute Gasteiger partial charge is 0.401 e. The minimum absolute atomic E-state index is 0.0303. The summed E-state index contributed by atoms with van der Waals surface area (Å²) in [6.45, 7) is -1.21. The highest BCUT2D eigenvalue weighted by molar-refractivity contribution is 5.80. The van der Waals surface area contributed by atoms with Gasteiger partial charge in [0.15, 0.2) is 0 Å². The van der Waals surface area contributed by atoms with Crippen LogP contribution in [-0.4, -0.2) is 53.5 Å². The van der Waals surface area contributed by atoms with Crippen LogP contribution in [0.1, 0.15) is 19.3 Å². The normalized spacial score (nSPS) is 19.3. The fourth-order valence-electron chi connectivity index (χ4n) is 2.07. The van der Waals surface area contributed by atoms with E-state index < -0.39 is 12.7 Å². The Labute approximate surface area is 103 Å². The van der Waals surface area contributed by atoms with Crippen molar-refractivity contribution in [3.05, 3.63) is 0 Å². The number of amidine groups is 1. The van der Waals surface area contributed by atoms with Crippen LogP contribution in [0.4, 0.5) is 13.2 Å². The maximum atomic E-state index is 12.3. The van der Waals surface area contributed by atoms with Gasteiger partial charge in [-0.05, 0) is 18.3 Å². The Balaban J connectivity index is 2.55. The van der Waals surface area contributed by atoms with Crippen molar-refractivity contribution in [2.24, 2.45) is 16.3 Å². The van der Waals surface area contributed by atoms with Crippen LogP contribution in [0.3, 0.4) is 0 Å². The maximum absolute atomic E-state index is 12.3. The molecule has 1 aliphatic rings. The van der Waals surface area contributed by atoms with Gasteiger partial charge in [0.25, 0.3) is 0 Å². The average Bonchev–Trinajstić information content (AvgIpc) is 2.95. The van der Waals surface area contributed by atoms with Crippen molar-refractivity contribution >= 4 is 5.84 Å². The van der Waals surface area contributed by atoms with Crippen molar-refractivity contribution in [3.8, 4) is 0 Å². The number of alkyl halides is 3. The van der Waals surface area contributed by atoms with Crippen molar-refractivity contribution in [2.45, 2.75) is 25.4 Å². The molecule has 4 N–H and O–H groups in total. The molecule has 0 aromatic heterocycles. The number of halogens is 3. The van der Waals surface area contributed by atoms with E-state index in [1.54, 1.807) is 0 Å². The van der Waals surface area contributed by atoms with E-state index in [0.717, 1.165) is 17.7 Å². The molecule has 1 saturated carbocycles. The summed E-state index contributed by atoms with van der Waals surface area (Å²) in [5, 5.41) is 20.1. The highest BCUT2D eigenvalue weighted by Crippen LogP contribution is 2.49. The highest BCUT2D eigenvalue weighted by Gasteiger charge is 2.45. The quantitative estimate of drug-likeness (QED) is 0.276. The van der Waals surface area contributed by atoms with Gasteiger partial charge in [0.1, 0.15) is 5.84 Å². The third-order valence-corrected chi connectivity index (χ3v) is 3.02. The Hall–Kier alpha value is -1.02. The lowest BCUT2D eigenvalue weighted by Gasteiger charge is -2.27. The van der Waals surface area contributed by atoms with Gasteiger partial charge in [-0.25, -0.2) is 0 Å². The van der Waals surface area contributed by atoms with E-state index in [9.17, 15) is 13.2 Å². The second-order valence-electron chi connectivity index (χ2n) is 4.82. The molecule has 0 aromatic carbocycles. The predicted molar refractivity (Wildman–Crippen MR) is 59.3 cm³/mol. The van der Waals surface area contributed by atoms with Crippen LogP contribution in [0.5, 0.6) is 0 Å². The van der Waals surface area contributed by atoms with E-state index in [1.807, 2.05) is 0 Å². The number of hydrogen-bond donors (Lipinski definition) is 3. The van der Waals surface area contributed by atoms with Gasteiger partial charge in [0.2, 0.25) is 0 Å². The first-order valence-electron chi connectivity index (χ1n) is 5.67. The fourth-order valence-corrected chi connectivity index (χ4v) is 2.07. The van der Waals surface area contributed by atoms with Crippen LogP contribution >= 0.6 is 0 Å². The van der Waals surface area contributed by atoms with Gasteiger partial charge in [0.05, 0.1) is 13.2 Å². The van der Waals surface area contributed by atoms with Gasteiger partial charge in [0, 0.05) is 19.5 Å². The Morgan fingerprint density at radius 3 is 2.39 bits per heavy atom. The second-order valence-corrected chi connectivity index (χ2v) is 4.82. The van der Waals surface area contributed by atoms with E-state index in [2.05, 4.69) is 5.16 Å². The summed E-state index contributed by atoms with van der Waals surface area (Å²) in [5.74, 6) is 0.0310. The van der Waals surface area contributed by atoms with E-state index in [-0.39, 0.29) is 37.4 Å². The number of oxime groups is 1. The fraction of sp³-hybridized carbons (Fsp3) is 0.900. The zero-order valence-corrected chi connectivity index (χ0v) is 9.95. The molecular formula is C10H18F3N3O2. The molecule has 1 rings (SSSR count). The lowest BCUT2D eigenvalue weighted by Crippen LogP contribution is -2.40. The molecule has 8 heteroatoms. The molecule has 0 bridgehead atoms. The van der Waals surface area contributed by atoms with Gasteiger partial charge < -0.3 is 16.0 Å². The average molecular weight is 269 g/mol. The van der Waals surface area contributed by atoms with Gasteiger partial charge in [-0.15, -0.1) is 0 Å². The van der Waals surface area contributed by atoms with Crippen LogP contribution in [0.25, 0.3) is 0 Å². The number of hydrogen-bond acceptors (Lipinski definition) is 4. The molecule has 0 aliphatic heterocycles. The predicted octanol–water partition coefficient (Wildman–Crippen LogP) is 0.760. The number of rotatable bonds is 7. The summed E-state index contributed by atoms with van der Waals surface area (Å²) in [7, 11) is 0. The summed E-state index contributed by atoms with van der Waals surface area (Å²) in [6.07, 6.45) is -2.50. The minimum Gasteiger partial charge on any atom is -0.409 e. The molecule has 0 heterocycles. The topological polar surface area (TPSA) is 82.1 Å². The first-order valence-corrected chi connectivity index (χ1v) is 5.67. The molecule has 106 valence electrons. The zero-order chi connectivity index (χ0) is 13.8. The first kappa shape index (κ1) is 15.0. The van der Waals surface area contributed by atoms with E-state index >= 15 is 0 Å². The lowest BCUT2D eigenvalue weighted by molar-refractivity contribution is -0.148. The van der Waals surface area contributed by atoms with Crippen molar-refractivity contribution in [1.82, 2.24) is 4.90 Å². The molecule has 18 heavy (non-hydrogen) atoms. The zero-order valence-electron chi connectivity index (χ0n) is 9.95. The highest BCUT2D eigenvalue weighted by atomic mass is 19.4. The molecule has 0 unspecified atom stereocenters. The Kier molecular flexibility index (Phi) is 4.80. The molecular weight excluding hydrogens is 251 g/mol. The van der Waals surface area contributed by atoms with E-state index in [1.165, 1.54) is 0 Å². The second kappa shape index (κ2) is 5.75. The molecule has 0 spiro atoms. The Bertz CT molecular complexity index is 303. The van der Waals surface area contributed by atoms with Gasteiger partial charge in [-0.2, -0.15) is 13.2 Å². The standard InChI is InChI=1S/C10H18F3N3O2/c11-10(12,13)7-16(3-4-17)6-9(1-2-9)5-8(14)15-18/h17-18H,1-7H2,(H2,14,15). The Morgan fingerprint density at radius 1 is 1.39 bits per heavy atom. The molecule has 0 saturated heterocycles. The number of nitrogens with zero attached hydrogens (tertiary/aromatic N) is 2. The summed E-state index contributed by atoms with van der Waals surface area (Å²) in [6, 6.07) is 0. The summed E-state index contributed by atoms with van der Waals surface area (Å²) in [5.41, 5.74) is 5.05.